The van der Waals surface area contributed by atoms with Gasteiger partial charge >= 0.3 is 23.7 Å². The van der Waals surface area contributed by atoms with Crippen LogP contribution in [0, 0.1) is 11.6 Å². The van der Waals surface area contributed by atoms with Crippen molar-refractivity contribution in [3.63, 3.8) is 0 Å². The highest BCUT2D eigenvalue weighted by atomic mass is 35.5. The summed E-state index contributed by atoms with van der Waals surface area (Å²) >= 11 is 29.3. The first kappa shape index (κ1) is 51.1. The Hall–Kier alpha value is -3.95. The molecule has 2 N–H and O–H groups in total. The molecule has 2 heterocycles. The zero-order valence-corrected chi connectivity index (χ0v) is 34.5. The Labute approximate surface area is 348 Å². The van der Waals surface area contributed by atoms with Crippen LogP contribution in [-0.2, 0) is 26.4 Å². The average Bonchev–Trinajstić information content (AvgIpc) is 3.09. The number of benzene rings is 2. The van der Waals surface area contributed by atoms with Crippen molar-refractivity contribution in [3.8, 4) is 11.4 Å². The minimum absolute atomic E-state index is 0.0556. The van der Waals surface area contributed by atoms with Crippen LogP contribution in [-0.4, -0.2) is 51.7 Å². The van der Waals surface area contributed by atoms with Crippen LogP contribution in [0.25, 0.3) is 11.4 Å². The Morgan fingerprint density at radius 2 is 1.09 bits per heavy atom. The molecule has 0 saturated carbocycles. The number of nitrogen functional groups attached to an aromatic ring is 1. The maximum atomic E-state index is 14.1. The van der Waals surface area contributed by atoms with Gasteiger partial charge in [0.25, 0.3) is 11.1 Å². The molecule has 0 radical (unpaired) electrons. The highest BCUT2D eigenvalue weighted by Crippen LogP contribution is 2.31. The molecule has 0 aliphatic rings. The predicted molar refractivity (Wildman–Crippen MR) is 211 cm³/mol. The standard InChI is InChI=1S/C13H6ClF4N3O2S.C12H8ClF4N3O2.C6H15N.CCl2S/c1-20-10(13(16,17)18)4-11(22)21(12(20)23)9-3-8(19-5-24)6(14)2-7(9)15;1-19-9(12(15,16)17)4-10(21)20(11(19)22)8-3-7(18)5(13)2-6(8)14;1-4-7(5-2)6-3;2-1(3)4/h2-4H,1H3;2-4H,18H2,1H3;4-6H2,1-3H3;. The van der Waals surface area contributed by atoms with Gasteiger partial charge in [-0.25, -0.2) is 27.5 Å². The van der Waals surface area contributed by atoms with Crippen LogP contribution in [0.2, 0.25) is 10.0 Å². The van der Waals surface area contributed by atoms with E-state index in [0.29, 0.717) is 0 Å². The van der Waals surface area contributed by atoms with Crippen molar-refractivity contribution in [2.75, 3.05) is 25.4 Å². The van der Waals surface area contributed by atoms with Crippen molar-refractivity contribution in [1.29, 1.82) is 0 Å². The van der Waals surface area contributed by atoms with Crippen LogP contribution in [0.15, 0.2) is 60.6 Å². The monoisotopic (exact) mass is 931 g/mol. The lowest BCUT2D eigenvalue weighted by atomic mass is 10.2. The Balaban J connectivity index is 0.000000454. The van der Waals surface area contributed by atoms with E-state index in [2.05, 4.69) is 55.1 Å². The molecule has 312 valence electrons. The maximum Gasteiger partial charge on any atom is 0.431 e. The van der Waals surface area contributed by atoms with E-state index in [0.717, 1.165) is 38.4 Å². The van der Waals surface area contributed by atoms with Crippen LogP contribution < -0.4 is 28.2 Å². The van der Waals surface area contributed by atoms with Gasteiger partial charge in [-0.05, 0) is 56.1 Å². The summed E-state index contributed by atoms with van der Waals surface area (Å²) < 4.78 is 105. The van der Waals surface area contributed by atoms with E-state index in [9.17, 15) is 54.3 Å². The molecule has 0 bridgehead atoms. The molecule has 25 heteroatoms. The third-order valence-corrected chi connectivity index (χ3v) is 8.01. The number of alkyl halides is 6. The Morgan fingerprint density at radius 1 is 0.737 bits per heavy atom. The number of anilines is 1. The summed E-state index contributed by atoms with van der Waals surface area (Å²) in [5.74, 6) is -2.17. The predicted octanol–water partition coefficient (Wildman–Crippen LogP) is 8.11. The Kier molecular flexibility index (Phi) is 19.4. The van der Waals surface area contributed by atoms with E-state index in [4.69, 9.17) is 52.1 Å². The molecule has 11 nitrogen and oxygen atoms in total. The summed E-state index contributed by atoms with van der Waals surface area (Å²) in [6.45, 7) is 10.1. The summed E-state index contributed by atoms with van der Waals surface area (Å²) in [7, 11) is 1.63. The van der Waals surface area contributed by atoms with E-state index in [1.54, 1.807) is 0 Å². The Bertz CT molecular complexity index is 2380. The fourth-order valence-corrected chi connectivity index (χ4v) is 4.91. The molecule has 57 heavy (non-hydrogen) atoms. The van der Waals surface area contributed by atoms with Crippen molar-refractivity contribution in [2.45, 2.75) is 33.1 Å². The lowest BCUT2D eigenvalue weighted by Gasteiger charge is -2.14. The summed E-state index contributed by atoms with van der Waals surface area (Å²) in [5, 5.41) is 1.64. The smallest absolute Gasteiger partial charge is 0.397 e. The molecular weight excluding hydrogens is 904 g/mol. The van der Waals surface area contributed by atoms with Crippen LogP contribution in [0.5, 0.6) is 0 Å². The maximum absolute atomic E-state index is 14.1. The first-order valence-corrected chi connectivity index (χ1v) is 17.7. The van der Waals surface area contributed by atoms with E-state index >= 15 is 0 Å². The second-order valence-corrected chi connectivity index (χ2v) is 13.5. The SMILES string of the molecule is CCN(CC)CC.Cn1c(C(F)(F)F)cc(=O)n(-c2cc(N)c(Cl)cc2F)c1=O.Cn1c(C(F)(F)F)cc(=O)n(-c2cc(N=C=S)c(Cl)cc2F)c1=O.S=C(Cl)Cl. The lowest BCUT2D eigenvalue weighted by Crippen LogP contribution is -2.41. The van der Waals surface area contributed by atoms with E-state index in [1.165, 1.54) is 19.6 Å². The van der Waals surface area contributed by atoms with Gasteiger partial charge in [-0.3, -0.25) is 18.7 Å². The molecule has 0 fully saturated rings. The summed E-state index contributed by atoms with van der Waals surface area (Å²) in [5.41, 5.74) is -4.30. The van der Waals surface area contributed by atoms with Crippen LogP contribution in [0.3, 0.4) is 0 Å². The number of aliphatic imine (C=N–C) groups is 1. The molecule has 0 aliphatic heterocycles. The molecule has 0 spiro atoms. The largest absolute Gasteiger partial charge is 0.431 e. The van der Waals surface area contributed by atoms with Gasteiger partial charge in [0.1, 0.15) is 23.0 Å². The molecule has 2 aromatic carbocycles. The molecule has 0 amide bonds. The number of nitrogens with zero attached hydrogens (tertiary/aromatic N) is 6. The van der Waals surface area contributed by atoms with Gasteiger partial charge in [0.15, 0.2) is 3.78 Å². The van der Waals surface area contributed by atoms with Crippen molar-refractivity contribution in [1.82, 2.24) is 23.2 Å². The number of aromatic nitrogens is 4. The van der Waals surface area contributed by atoms with E-state index < -0.39 is 69.2 Å². The van der Waals surface area contributed by atoms with Gasteiger partial charge in [0, 0.05) is 26.2 Å². The molecule has 0 atom stereocenters. The van der Waals surface area contributed by atoms with Gasteiger partial charge < -0.3 is 10.6 Å². The zero-order chi connectivity index (χ0) is 44.3. The van der Waals surface area contributed by atoms with Crippen molar-refractivity contribution < 1.29 is 35.1 Å². The van der Waals surface area contributed by atoms with Gasteiger partial charge in [-0.1, -0.05) is 79.4 Å². The van der Waals surface area contributed by atoms with Gasteiger partial charge in [0.2, 0.25) is 0 Å². The molecule has 4 rings (SSSR count). The third-order valence-electron chi connectivity index (χ3n) is 7.29. The lowest BCUT2D eigenvalue weighted by molar-refractivity contribution is -0.144. The number of hydrogen-bond donors (Lipinski definition) is 1. The van der Waals surface area contributed by atoms with Crippen LogP contribution in [0.4, 0.5) is 46.5 Å². The summed E-state index contributed by atoms with van der Waals surface area (Å²) in [4.78, 5) is 53.8. The number of isothiocyanates is 1. The molecule has 0 unspecified atom stereocenters. The molecule has 0 saturated heterocycles. The van der Waals surface area contributed by atoms with Gasteiger partial charge in [-0.2, -0.15) is 31.3 Å². The van der Waals surface area contributed by atoms with Gasteiger partial charge in [0.05, 0.1) is 38.0 Å². The normalized spacial score (nSPS) is 11.0. The third kappa shape index (κ3) is 13.8. The molecule has 4 aromatic rings. The van der Waals surface area contributed by atoms with Gasteiger partial charge in [-0.15, -0.1) is 0 Å². The molecule has 2 aromatic heterocycles. The van der Waals surface area contributed by atoms with Crippen LogP contribution >= 0.6 is 70.8 Å². The average molecular weight is 934 g/mol. The Morgan fingerprint density at radius 3 is 1.40 bits per heavy atom. The summed E-state index contributed by atoms with van der Waals surface area (Å²) in [6, 6.07) is 3.71. The number of halogens is 12. The van der Waals surface area contributed by atoms with Crippen molar-refractivity contribution >= 4 is 91.2 Å². The molecule has 0 aliphatic carbocycles. The highest BCUT2D eigenvalue weighted by Gasteiger charge is 2.36. The first-order chi connectivity index (χ1) is 26.2. The number of thiocarbonyl (C=S) groups is 2. The minimum atomic E-state index is -4.92. The van der Waals surface area contributed by atoms with E-state index in [-0.39, 0.29) is 55.6 Å². The number of hydrogen-bond acceptors (Lipinski definition) is 9. The first-order valence-electron chi connectivity index (χ1n) is 15.4. The quantitative estimate of drug-likeness (QED) is 0.0676. The topological polar surface area (TPSA) is 130 Å². The molecular formula is C32H29Cl4F8N7O4S2. The fourth-order valence-electron chi connectivity index (χ4n) is 4.47. The van der Waals surface area contributed by atoms with E-state index in [1.807, 2.05) is 5.16 Å². The number of rotatable bonds is 6. The minimum Gasteiger partial charge on any atom is -0.397 e. The second kappa shape index (κ2) is 21.7. The zero-order valence-electron chi connectivity index (χ0n) is 29.8. The second-order valence-electron chi connectivity index (χ2n) is 10.7. The highest BCUT2D eigenvalue weighted by molar-refractivity contribution is 7.86. The van der Waals surface area contributed by atoms with Crippen molar-refractivity contribution in [3.05, 3.63) is 111 Å². The fraction of sp³-hybridized carbons (Fsp3) is 0.312. The van der Waals surface area contributed by atoms with Crippen LogP contribution in [0.1, 0.15) is 32.2 Å². The van der Waals surface area contributed by atoms with Crippen molar-refractivity contribution in [2.24, 2.45) is 19.1 Å². The number of nitrogens with two attached hydrogens (primary N) is 1. The summed E-state index contributed by atoms with van der Waals surface area (Å²) in [6.07, 6.45) is -9.82.